The summed E-state index contributed by atoms with van der Waals surface area (Å²) in [6.45, 7) is 6.13. The number of carbonyl (C=O) groups is 1. The molecule has 150 valence electrons. The normalized spacial score (nSPS) is 15.1. The number of hydrogen-bond donors (Lipinski definition) is 0. The summed E-state index contributed by atoms with van der Waals surface area (Å²) < 4.78 is 50.9. The summed E-state index contributed by atoms with van der Waals surface area (Å²) in [5, 5.41) is 0. The maximum atomic E-state index is 13.3. The largest absolute Gasteiger partial charge is 0.487 e. The molecule has 0 bridgehead atoms. The van der Waals surface area contributed by atoms with E-state index >= 15 is 0 Å². The van der Waals surface area contributed by atoms with E-state index in [2.05, 4.69) is 0 Å². The number of hydrogen-bond acceptors (Lipinski definition) is 3. The number of halogens is 3. The van der Waals surface area contributed by atoms with Gasteiger partial charge in [0.25, 0.3) is 0 Å². The maximum Gasteiger partial charge on any atom is 0.417 e. The van der Waals surface area contributed by atoms with E-state index in [4.69, 9.17) is 9.47 Å². The van der Waals surface area contributed by atoms with E-state index in [-0.39, 0.29) is 11.7 Å². The lowest BCUT2D eigenvalue weighted by Crippen LogP contribution is -2.57. The molecule has 0 N–H and O–H groups in total. The van der Waals surface area contributed by atoms with Crippen LogP contribution >= 0.6 is 0 Å². The van der Waals surface area contributed by atoms with Gasteiger partial charge < -0.3 is 14.4 Å². The van der Waals surface area contributed by atoms with Crippen molar-refractivity contribution in [1.29, 1.82) is 0 Å². The predicted octanol–water partition coefficient (Wildman–Crippen LogP) is 5.37. The van der Waals surface area contributed by atoms with Gasteiger partial charge in [-0.15, -0.1) is 0 Å². The molecule has 1 saturated heterocycles. The number of nitrogens with zero attached hydrogens (tertiary/aromatic N) is 1. The van der Waals surface area contributed by atoms with Gasteiger partial charge in [0.05, 0.1) is 18.7 Å². The van der Waals surface area contributed by atoms with Crippen LogP contribution < -0.4 is 4.74 Å². The van der Waals surface area contributed by atoms with Crippen molar-refractivity contribution in [2.45, 2.75) is 38.7 Å². The van der Waals surface area contributed by atoms with E-state index in [1.165, 1.54) is 17.0 Å². The topological polar surface area (TPSA) is 38.8 Å². The summed E-state index contributed by atoms with van der Waals surface area (Å²) in [5.41, 5.74) is -0.728. The lowest BCUT2D eigenvalue weighted by Gasteiger charge is -2.39. The third kappa shape index (κ3) is 4.77. The van der Waals surface area contributed by atoms with E-state index in [0.29, 0.717) is 24.4 Å². The van der Waals surface area contributed by atoms with Crippen molar-refractivity contribution in [2.24, 2.45) is 0 Å². The minimum Gasteiger partial charge on any atom is -0.487 e. The molecule has 2 aromatic carbocycles. The molecule has 28 heavy (non-hydrogen) atoms. The first kappa shape index (κ1) is 20.0. The third-order valence-electron chi connectivity index (χ3n) is 4.18. The van der Waals surface area contributed by atoms with Crippen LogP contribution in [0.15, 0.2) is 48.5 Å². The van der Waals surface area contributed by atoms with E-state index < -0.39 is 23.4 Å². The van der Waals surface area contributed by atoms with Crippen molar-refractivity contribution in [1.82, 2.24) is 4.90 Å². The zero-order valence-corrected chi connectivity index (χ0v) is 15.9. The molecular formula is C21H22F3NO3. The van der Waals surface area contributed by atoms with Gasteiger partial charge in [-0.25, -0.2) is 4.79 Å². The van der Waals surface area contributed by atoms with Crippen LogP contribution in [0, 0.1) is 0 Å². The van der Waals surface area contributed by atoms with E-state index in [9.17, 15) is 18.0 Å². The molecule has 1 heterocycles. The van der Waals surface area contributed by atoms with Crippen LogP contribution in [0.25, 0.3) is 11.1 Å². The Morgan fingerprint density at radius 2 is 1.71 bits per heavy atom. The number of benzene rings is 2. The summed E-state index contributed by atoms with van der Waals surface area (Å²) in [5.74, 6) is 0.461. The zero-order chi connectivity index (χ0) is 20.5. The molecule has 1 amide bonds. The molecule has 1 fully saturated rings. The molecule has 0 spiro atoms. The quantitative estimate of drug-likeness (QED) is 0.704. The number of amides is 1. The van der Waals surface area contributed by atoms with Gasteiger partial charge in [0.1, 0.15) is 17.5 Å². The molecule has 0 aliphatic carbocycles. The molecular weight excluding hydrogens is 371 g/mol. The highest BCUT2D eigenvalue weighted by atomic mass is 19.4. The third-order valence-corrected chi connectivity index (χ3v) is 4.18. The first-order valence-corrected chi connectivity index (χ1v) is 8.94. The Hall–Kier alpha value is -2.70. The Bertz CT molecular complexity index is 852. The number of alkyl halides is 3. The van der Waals surface area contributed by atoms with E-state index in [1.807, 2.05) is 0 Å². The maximum absolute atomic E-state index is 13.3. The highest BCUT2D eigenvalue weighted by Crippen LogP contribution is 2.37. The number of carbonyl (C=O) groups excluding carboxylic acids is 1. The fourth-order valence-corrected chi connectivity index (χ4v) is 2.90. The van der Waals surface area contributed by atoms with Crippen molar-refractivity contribution in [2.75, 3.05) is 13.1 Å². The first-order valence-electron chi connectivity index (χ1n) is 8.94. The fourth-order valence-electron chi connectivity index (χ4n) is 2.90. The van der Waals surface area contributed by atoms with Crippen molar-refractivity contribution in [3.8, 4) is 16.9 Å². The van der Waals surface area contributed by atoms with E-state index in [1.54, 1.807) is 51.1 Å². The van der Waals surface area contributed by atoms with Gasteiger partial charge in [0, 0.05) is 0 Å². The second kappa shape index (κ2) is 7.37. The van der Waals surface area contributed by atoms with Gasteiger partial charge in [-0.3, -0.25) is 0 Å². The molecule has 0 atom stereocenters. The Morgan fingerprint density at radius 1 is 1.04 bits per heavy atom. The number of likely N-dealkylation sites (tertiary alicyclic amines) is 1. The van der Waals surface area contributed by atoms with Crippen LogP contribution in [0.2, 0.25) is 0 Å². The molecule has 0 aromatic heterocycles. The van der Waals surface area contributed by atoms with Crippen LogP contribution in [0.3, 0.4) is 0 Å². The highest BCUT2D eigenvalue weighted by Gasteiger charge is 2.36. The van der Waals surface area contributed by atoms with Gasteiger partial charge in [-0.05, 0) is 50.1 Å². The molecule has 4 nitrogen and oxygen atoms in total. The molecule has 7 heteroatoms. The van der Waals surface area contributed by atoms with Crippen LogP contribution in [-0.4, -0.2) is 35.8 Å². The SMILES string of the molecule is CC(C)(C)OC(=O)N1CC(Oc2cccc(-c3ccccc3C(F)(F)F)c2)C1. The van der Waals surface area contributed by atoms with Crippen molar-refractivity contribution >= 4 is 6.09 Å². The second-order valence-corrected chi connectivity index (χ2v) is 7.70. The van der Waals surface area contributed by atoms with Crippen LogP contribution in [-0.2, 0) is 10.9 Å². The Morgan fingerprint density at radius 3 is 2.36 bits per heavy atom. The standard InChI is InChI=1S/C21H22F3NO3/c1-20(2,3)28-19(26)25-12-16(13-25)27-15-8-6-7-14(11-15)17-9-4-5-10-18(17)21(22,23)24/h4-11,16H,12-13H2,1-3H3. The molecule has 1 aliphatic heterocycles. The summed E-state index contributed by atoms with van der Waals surface area (Å²) >= 11 is 0. The molecule has 2 aromatic rings. The van der Waals surface area contributed by atoms with Crippen molar-refractivity contribution in [3.63, 3.8) is 0 Å². The van der Waals surface area contributed by atoms with Crippen LogP contribution in [0.1, 0.15) is 26.3 Å². The average Bonchev–Trinajstić information content (AvgIpc) is 2.55. The van der Waals surface area contributed by atoms with Gasteiger partial charge in [0.15, 0.2) is 0 Å². The number of rotatable bonds is 3. The first-order chi connectivity index (χ1) is 13.0. The molecule has 0 radical (unpaired) electrons. The van der Waals surface area contributed by atoms with Crippen LogP contribution in [0.4, 0.5) is 18.0 Å². The summed E-state index contributed by atoms with van der Waals surface area (Å²) in [6.07, 6.45) is -5.06. The van der Waals surface area contributed by atoms with Gasteiger partial charge in [-0.2, -0.15) is 13.2 Å². The fraction of sp³-hybridized carbons (Fsp3) is 0.381. The highest BCUT2D eigenvalue weighted by molar-refractivity contribution is 5.70. The lowest BCUT2D eigenvalue weighted by atomic mass is 9.99. The van der Waals surface area contributed by atoms with Gasteiger partial charge in [-0.1, -0.05) is 30.3 Å². The van der Waals surface area contributed by atoms with Crippen molar-refractivity contribution < 1.29 is 27.4 Å². The zero-order valence-electron chi connectivity index (χ0n) is 15.9. The average molecular weight is 393 g/mol. The monoisotopic (exact) mass is 393 g/mol. The van der Waals surface area contributed by atoms with Gasteiger partial charge >= 0.3 is 12.3 Å². The van der Waals surface area contributed by atoms with Gasteiger partial charge in [0.2, 0.25) is 0 Å². The summed E-state index contributed by atoms with van der Waals surface area (Å²) in [7, 11) is 0. The molecule has 0 unspecified atom stereocenters. The predicted molar refractivity (Wildman–Crippen MR) is 99.1 cm³/mol. The molecule has 1 aliphatic rings. The Kier molecular flexibility index (Phi) is 5.28. The van der Waals surface area contributed by atoms with E-state index in [0.717, 1.165) is 6.07 Å². The Labute approximate surface area is 161 Å². The molecule has 0 saturated carbocycles. The second-order valence-electron chi connectivity index (χ2n) is 7.70. The molecule has 3 rings (SSSR count). The van der Waals surface area contributed by atoms with Crippen LogP contribution in [0.5, 0.6) is 5.75 Å². The summed E-state index contributed by atoms with van der Waals surface area (Å²) in [4.78, 5) is 13.5. The summed E-state index contributed by atoms with van der Waals surface area (Å²) in [6, 6.07) is 12.0. The Balaban J connectivity index is 1.67. The smallest absolute Gasteiger partial charge is 0.417 e. The van der Waals surface area contributed by atoms with Crippen molar-refractivity contribution in [3.05, 3.63) is 54.1 Å². The minimum atomic E-state index is -4.44. The minimum absolute atomic E-state index is 0.101. The number of ether oxygens (including phenoxy) is 2. The lowest BCUT2D eigenvalue weighted by molar-refractivity contribution is -0.137.